The van der Waals surface area contributed by atoms with Crippen LogP contribution in [-0.2, 0) is 9.59 Å². The second-order valence-corrected chi connectivity index (χ2v) is 7.11. The fourth-order valence-electron chi connectivity index (χ4n) is 2.69. The average molecular weight is 462 g/mol. The van der Waals surface area contributed by atoms with Crippen LogP contribution in [0, 0.1) is 11.3 Å². The van der Waals surface area contributed by atoms with E-state index in [4.69, 9.17) is 50.2 Å². The summed E-state index contributed by atoms with van der Waals surface area (Å²) in [5.41, 5.74) is 0.738. The number of ether oxygens (including phenoxy) is 2. The third-order valence-electron chi connectivity index (χ3n) is 4.05. The van der Waals surface area contributed by atoms with Gasteiger partial charge in [0.1, 0.15) is 11.6 Å². The third-order valence-corrected chi connectivity index (χ3v) is 5.08. The zero-order valence-corrected chi connectivity index (χ0v) is 17.8. The van der Waals surface area contributed by atoms with Crippen LogP contribution in [0.2, 0.25) is 10.0 Å². The molecule has 152 valence electrons. The molecule has 0 unspecified atom stereocenters. The highest BCUT2D eigenvalue weighted by Gasteiger charge is 2.34. The predicted molar refractivity (Wildman–Crippen MR) is 117 cm³/mol. The normalized spacial score (nSPS) is 15.1. The molecule has 0 radical (unpaired) electrons. The number of nitriles is 1. The Kier molecular flexibility index (Phi) is 6.57. The molecule has 1 N–H and O–H groups in total. The fourth-order valence-corrected chi connectivity index (χ4v) is 3.26. The maximum absolute atomic E-state index is 13.1. The van der Waals surface area contributed by atoms with Gasteiger partial charge in [0.25, 0.3) is 11.8 Å². The van der Waals surface area contributed by atoms with Crippen molar-refractivity contribution in [1.29, 1.82) is 5.26 Å². The zero-order chi connectivity index (χ0) is 21.8. The molecule has 1 aliphatic rings. The molecule has 0 aromatic heterocycles. The number of carbonyl (C=O) groups excluding carboxylic acids is 2. The van der Waals surface area contributed by atoms with E-state index < -0.39 is 11.8 Å². The summed E-state index contributed by atoms with van der Waals surface area (Å²) in [5, 5.41) is 11.6. The summed E-state index contributed by atoms with van der Waals surface area (Å²) in [6.45, 7) is -0.145. The van der Waals surface area contributed by atoms with Crippen molar-refractivity contribution in [3.63, 3.8) is 0 Å². The average Bonchev–Trinajstić information content (AvgIpc) is 2.72. The first-order valence-corrected chi connectivity index (χ1v) is 9.56. The van der Waals surface area contributed by atoms with E-state index >= 15 is 0 Å². The minimum Gasteiger partial charge on any atom is -0.493 e. The topological polar surface area (TPSA) is 91.7 Å². The van der Waals surface area contributed by atoms with Gasteiger partial charge in [-0.1, -0.05) is 29.3 Å². The number of benzene rings is 2. The number of anilines is 1. The largest absolute Gasteiger partial charge is 0.493 e. The van der Waals surface area contributed by atoms with Crippen LogP contribution in [0.5, 0.6) is 11.5 Å². The molecular formula is C20H13Cl2N3O4S. The Labute approximate surface area is 187 Å². The van der Waals surface area contributed by atoms with Gasteiger partial charge in [-0.3, -0.25) is 19.8 Å². The van der Waals surface area contributed by atoms with E-state index in [0.29, 0.717) is 27.8 Å². The predicted octanol–water partition coefficient (Wildman–Crippen LogP) is 3.74. The summed E-state index contributed by atoms with van der Waals surface area (Å²) in [5.74, 6) is -0.546. The van der Waals surface area contributed by atoms with Crippen molar-refractivity contribution in [1.82, 2.24) is 5.32 Å². The van der Waals surface area contributed by atoms with Crippen molar-refractivity contribution >= 4 is 64.1 Å². The first kappa shape index (κ1) is 21.6. The van der Waals surface area contributed by atoms with Crippen LogP contribution in [0.1, 0.15) is 5.56 Å². The molecule has 2 aromatic rings. The molecule has 0 saturated carbocycles. The molecule has 2 amide bonds. The Hall–Kier alpha value is -3.12. The van der Waals surface area contributed by atoms with E-state index in [-0.39, 0.29) is 22.3 Å². The molecule has 1 heterocycles. The van der Waals surface area contributed by atoms with E-state index in [1.807, 2.05) is 6.07 Å². The van der Waals surface area contributed by atoms with Crippen LogP contribution in [0.15, 0.2) is 42.0 Å². The van der Waals surface area contributed by atoms with Gasteiger partial charge in [0.15, 0.2) is 23.2 Å². The zero-order valence-electron chi connectivity index (χ0n) is 15.4. The number of thiocarbonyl (C=S) groups is 1. The number of amides is 2. The molecule has 10 heteroatoms. The molecule has 1 saturated heterocycles. The smallest absolute Gasteiger partial charge is 0.270 e. The minimum atomic E-state index is -0.634. The number of carbonyl (C=O) groups is 2. The Morgan fingerprint density at radius 3 is 2.60 bits per heavy atom. The van der Waals surface area contributed by atoms with E-state index in [1.54, 1.807) is 24.3 Å². The second-order valence-electron chi connectivity index (χ2n) is 5.91. The second kappa shape index (κ2) is 9.13. The molecule has 0 bridgehead atoms. The van der Waals surface area contributed by atoms with Crippen LogP contribution in [0.25, 0.3) is 6.08 Å². The molecule has 1 fully saturated rings. The van der Waals surface area contributed by atoms with Gasteiger partial charge in [0.2, 0.25) is 0 Å². The number of hydrogen-bond donors (Lipinski definition) is 1. The summed E-state index contributed by atoms with van der Waals surface area (Å²) >= 11 is 17.1. The third kappa shape index (κ3) is 4.39. The lowest BCUT2D eigenvalue weighted by molar-refractivity contribution is -0.122. The van der Waals surface area contributed by atoms with Crippen LogP contribution in [0.4, 0.5) is 5.69 Å². The van der Waals surface area contributed by atoms with Crippen molar-refractivity contribution in [3.05, 3.63) is 57.6 Å². The fraction of sp³-hybridized carbons (Fsp3) is 0.100. The van der Waals surface area contributed by atoms with Crippen molar-refractivity contribution in [2.24, 2.45) is 0 Å². The SMILES string of the molecule is COc1cc(C=C2C(=O)NC(=S)N(c3ccc(Cl)c(Cl)c3)C2=O)ccc1OCC#N. The molecule has 1 aliphatic heterocycles. The van der Waals surface area contributed by atoms with Gasteiger partial charge in [-0.15, -0.1) is 0 Å². The number of nitrogens with zero attached hydrogens (tertiary/aromatic N) is 2. The molecule has 2 aromatic carbocycles. The highest BCUT2D eigenvalue weighted by molar-refractivity contribution is 7.80. The molecule has 0 spiro atoms. The molecule has 0 aliphatic carbocycles. The molecule has 3 rings (SSSR count). The van der Waals surface area contributed by atoms with Crippen LogP contribution < -0.4 is 19.7 Å². The maximum Gasteiger partial charge on any atom is 0.270 e. The summed E-state index contributed by atoms with van der Waals surface area (Å²) in [4.78, 5) is 26.6. The van der Waals surface area contributed by atoms with Gasteiger partial charge in [-0.2, -0.15) is 5.26 Å². The van der Waals surface area contributed by atoms with Crippen molar-refractivity contribution in [3.8, 4) is 17.6 Å². The van der Waals surface area contributed by atoms with Crippen molar-refractivity contribution in [2.75, 3.05) is 18.6 Å². The van der Waals surface area contributed by atoms with E-state index in [1.165, 1.54) is 25.3 Å². The minimum absolute atomic E-state index is 0.0710. The Bertz CT molecular complexity index is 1130. The lowest BCUT2D eigenvalue weighted by atomic mass is 10.1. The Morgan fingerprint density at radius 2 is 1.93 bits per heavy atom. The maximum atomic E-state index is 13.1. The van der Waals surface area contributed by atoms with E-state index in [9.17, 15) is 9.59 Å². The molecule has 30 heavy (non-hydrogen) atoms. The summed E-state index contributed by atoms with van der Waals surface area (Å²) in [7, 11) is 1.44. The van der Waals surface area contributed by atoms with Crippen LogP contribution >= 0.6 is 35.4 Å². The van der Waals surface area contributed by atoms with Crippen molar-refractivity contribution in [2.45, 2.75) is 0 Å². The Balaban J connectivity index is 1.98. The summed E-state index contributed by atoms with van der Waals surface area (Å²) in [6, 6.07) is 11.2. The number of hydrogen-bond acceptors (Lipinski definition) is 6. The molecule has 0 atom stereocenters. The summed E-state index contributed by atoms with van der Waals surface area (Å²) < 4.78 is 10.5. The number of rotatable bonds is 5. The number of nitrogens with one attached hydrogen (secondary N) is 1. The quantitative estimate of drug-likeness (QED) is 0.414. The number of halogens is 2. The highest BCUT2D eigenvalue weighted by Crippen LogP contribution is 2.31. The van der Waals surface area contributed by atoms with Crippen LogP contribution in [-0.4, -0.2) is 30.6 Å². The summed E-state index contributed by atoms with van der Waals surface area (Å²) in [6.07, 6.45) is 1.40. The molecule has 7 nitrogen and oxygen atoms in total. The van der Waals surface area contributed by atoms with Gasteiger partial charge in [-0.05, 0) is 54.2 Å². The lowest BCUT2D eigenvalue weighted by Crippen LogP contribution is -2.54. The first-order valence-electron chi connectivity index (χ1n) is 8.40. The Morgan fingerprint density at radius 1 is 1.17 bits per heavy atom. The van der Waals surface area contributed by atoms with Gasteiger partial charge >= 0.3 is 0 Å². The van der Waals surface area contributed by atoms with Gasteiger partial charge in [0.05, 0.1) is 22.8 Å². The van der Waals surface area contributed by atoms with E-state index in [0.717, 1.165) is 4.90 Å². The van der Waals surface area contributed by atoms with Gasteiger partial charge in [-0.25, -0.2) is 0 Å². The van der Waals surface area contributed by atoms with E-state index in [2.05, 4.69) is 5.32 Å². The van der Waals surface area contributed by atoms with Gasteiger partial charge < -0.3 is 9.47 Å². The lowest BCUT2D eigenvalue weighted by Gasteiger charge is -2.29. The van der Waals surface area contributed by atoms with Crippen LogP contribution in [0.3, 0.4) is 0 Å². The van der Waals surface area contributed by atoms with Crippen molar-refractivity contribution < 1.29 is 19.1 Å². The van der Waals surface area contributed by atoms with Gasteiger partial charge in [0, 0.05) is 0 Å². The number of methoxy groups -OCH3 is 1. The standard InChI is InChI=1S/C20H13Cl2N3O4S/c1-28-17-9-11(2-5-16(17)29-7-6-23)8-13-18(26)24-20(30)25(19(13)27)12-3-4-14(21)15(22)10-12/h2-5,8-10H,7H2,1H3,(H,24,26,30). The highest BCUT2D eigenvalue weighted by atomic mass is 35.5. The first-order chi connectivity index (χ1) is 14.3. The molecular weight excluding hydrogens is 449 g/mol. The monoisotopic (exact) mass is 461 g/mol.